The Balaban J connectivity index is 2.00. The van der Waals surface area contributed by atoms with Gasteiger partial charge in [0.25, 0.3) is 0 Å². The van der Waals surface area contributed by atoms with Crippen LogP contribution in [-0.4, -0.2) is 48.2 Å². The third-order valence-electron chi connectivity index (χ3n) is 3.71. The van der Waals surface area contributed by atoms with Gasteiger partial charge in [-0.15, -0.1) is 0 Å². The smallest absolute Gasteiger partial charge is 0.340 e. The molecule has 0 spiro atoms. The molecule has 1 aromatic heterocycles. The van der Waals surface area contributed by atoms with Crippen LogP contribution in [0.1, 0.15) is 24.2 Å². The number of pyridine rings is 1. The highest BCUT2D eigenvalue weighted by atomic mass is 16.6. The van der Waals surface area contributed by atoms with Crippen LogP contribution in [0.3, 0.4) is 0 Å². The fraction of sp³-hybridized carbons (Fsp3) is 0.368. The number of rotatable bonds is 9. The first-order valence-electron chi connectivity index (χ1n) is 8.24. The van der Waals surface area contributed by atoms with Crippen molar-refractivity contribution in [3.63, 3.8) is 0 Å². The van der Waals surface area contributed by atoms with Gasteiger partial charge < -0.3 is 14.4 Å². The second-order valence-electron chi connectivity index (χ2n) is 5.38. The van der Waals surface area contributed by atoms with Gasteiger partial charge in [-0.25, -0.2) is 4.79 Å². The standard InChI is InChI=1S/C19H24N2O3/c1-3-21(4-2)14-18(15-23-17-10-6-5-7-11-17)24-19(22)16-9-8-12-20-13-16/h5-13,18H,3-4,14-15H2,1-2H3. The van der Waals surface area contributed by atoms with Crippen molar-refractivity contribution in [3.05, 3.63) is 60.4 Å². The second-order valence-corrected chi connectivity index (χ2v) is 5.38. The van der Waals surface area contributed by atoms with E-state index in [2.05, 4.69) is 23.7 Å². The lowest BCUT2D eigenvalue weighted by molar-refractivity contribution is 0.00676. The molecule has 0 radical (unpaired) electrons. The molecule has 0 amide bonds. The molecule has 1 atom stereocenters. The zero-order valence-electron chi connectivity index (χ0n) is 14.2. The number of ether oxygens (including phenoxy) is 2. The predicted molar refractivity (Wildman–Crippen MR) is 93.2 cm³/mol. The summed E-state index contributed by atoms with van der Waals surface area (Å²) in [4.78, 5) is 18.4. The normalized spacial score (nSPS) is 12.0. The van der Waals surface area contributed by atoms with Crippen LogP contribution in [0.2, 0.25) is 0 Å². The first-order valence-corrected chi connectivity index (χ1v) is 8.24. The molecule has 0 bridgehead atoms. The molecule has 1 aromatic carbocycles. The maximum absolute atomic E-state index is 12.3. The minimum absolute atomic E-state index is 0.312. The maximum Gasteiger partial charge on any atom is 0.340 e. The number of esters is 1. The van der Waals surface area contributed by atoms with Crippen LogP contribution >= 0.6 is 0 Å². The number of para-hydroxylation sites is 1. The van der Waals surface area contributed by atoms with Crippen molar-refractivity contribution >= 4 is 5.97 Å². The highest BCUT2D eigenvalue weighted by Gasteiger charge is 2.19. The van der Waals surface area contributed by atoms with Crippen molar-refractivity contribution in [1.82, 2.24) is 9.88 Å². The second kappa shape index (κ2) is 9.67. The molecule has 0 aliphatic rings. The summed E-state index contributed by atoms with van der Waals surface area (Å²) >= 11 is 0. The summed E-state index contributed by atoms with van der Waals surface area (Å²) in [6.45, 7) is 6.90. The van der Waals surface area contributed by atoms with Gasteiger partial charge in [0.15, 0.2) is 0 Å². The van der Waals surface area contributed by atoms with E-state index >= 15 is 0 Å². The summed E-state index contributed by atoms with van der Waals surface area (Å²) in [5.74, 6) is 0.386. The topological polar surface area (TPSA) is 51.7 Å². The number of benzene rings is 1. The SMILES string of the molecule is CCN(CC)CC(COc1ccccc1)OC(=O)c1cccnc1. The molecular weight excluding hydrogens is 304 g/mol. The number of likely N-dealkylation sites (N-methyl/N-ethyl adjacent to an activating group) is 1. The van der Waals surface area contributed by atoms with Gasteiger partial charge in [0.05, 0.1) is 5.56 Å². The van der Waals surface area contributed by atoms with E-state index in [4.69, 9.17) is 9.47 Å². The molecule has 128 valence electrons. The van der Waals surface area contributed by atoms with Gasteiger partial charge in [0.1, 0.15) is 18.5 Å². The lowest BCUT2D eigenvalue weighted by atomic mass is 10.2. The molecule has 5 heteroatoms. The Morgan fingerprint density at radius 1 is 1.12 bits per heavy atom. The van der Waals surface area contributed by atoms with E-state index in [0.29, 0.717) is 18.7 Å². The maximum atomic E-state index is 12.3. The molecule has 24 heavy (non-hydrogen) atoms. The van der Waals surface area contributed by atoms with Crippen molar-refractivity contribution in [2.45, 2.75) is 20.0 Å². The van der Waals surface area contributed by atoms with Crippen molar-refractivity contribution in [3.8, 4) is 5.75 Å². The first-order chi connectivity index (χ1) is 11.7. The van der Waals surface area contributed by atoms with E-state index in [0.717, 1.165) is 18.8 Å². The first kappa shape index (κ1) is 17.9. The molecule has 1 heterocycles. The highest BCUT2D eigenvalue weighted by molar-refractivity contribution is 5.89. The van der Waals surface area contributed by atoms with Crippen LogP contribution < -0.4 is 4.74 Å². The van der Waals surface area contributed by atoms with E-state index in [1.165, 1.54) is 6.20 Å². The van der Waals surface area contributed by atoms with E-state index in [1.54, 1.807) is 18.3 Å². The van der Waals surface area contributed by atoms with Crippen LogP contribution in [0, 0.1) is 0 Å². The van der Waals surface area contributed by atoms with E-state index in [9.17, 15) is 4.79 Å². The van der Waals surface area contributed by atoms with Gasteiger partial charge in [0, 0.05) is 18.9 Å². The molecule has 1 unspecified atom stereocenters. The molecular formula is C19H24N2O3. The summed E-state index contributed by atoms with van der Waals surface area (Å²) < 4.78 is 11.4. The van der Waals surface area contributed by atoms with Crippen LogP contribution in [0.15, 0.2) is 54.9 Å². The summed E-state index contributed by atoms with van der Waals surface area (Å²) in [6.07, 6.45) is 2.79. The van der Waals surface area contributed by atoms with Gasteiger partial charge in [-0.05, 0) is 37.4 Å². The fourth-order valence-electron chi connectivity index (χ4n) is 2.30. The third kappa shape index (κ3) is 5.66. The van der Waals surface area contributed by atoms with Crippen LogP contribution in [0.25, 0.3) is 0 Å². The monoisotopic (exact) mass is 328 g/mol. The largest absolute Gasteiger partial charge is 0.490 e. The van der Waals surface area contributed by atoms with Gasteiger partial charge in [0.2, 0.25) is 0 Å². The number of nitrogens with zero attached hydrogens (tertiary/aromatic N) is 2. The number of aromatic nitrogens is 1. The summed E-state index contributed by atoms with van der Waals surface area (Å²) in [5.41, 5.74) is 0.446. The molecule has 0 N–H and O–H groups in total. The average molecular weight is 328 g/mol. The average Bonchev–Trinajstić information content (AvgIpc) is 2.65. The van der Waals surface area contributed by atoms with Crippen LogP contribution in [0.4, 0.5) is 0 Å². The zero-order chi connectivity index (χ0) is 17.2. The van der Waals surface area contributed by atoms with Gasteiger partial charge in [-0.1, -0.05) is 32.0 Å². The molecule has 0 saturated carbocycles. The Morgan fingerprint density at radius 3 is 2.50 bits per heavy atom. The number of hydrogen-bond acceptors (Lipinski definition) is 5. The minimum Gasteiger partial charge on any atom is -0.490 e. The minimum atomic E-state index is -0.378. The summed E-state index contributed by atoms with van der Waals surface area (Å²) in [6, 6.07) is 12.9. The lowest BCUT2D eigenvalue weighted by Gasteiger charge is -2.25. The van der Waals surface area contributed by atoms with Crippen molar-refractivity contribution in [1.29, 1.82) is 0 Å². The Morgan fingerprint density at radius 2 is 1.88 bits per heavy atom. The molecule has 0 saturated heterocycles. The van der Waals surface area contributed by atoms with Gasteiger partial charge in [-0.2, -0.15) is 0 Å². The third-order valence-corrected chi connectivity index (χ3v) is 3.71. The van der Waals surface area contributed by atoms with Gasteiger partial charge >= 0.3 is 5.97 Å². The fourth-order valence-corrected chi connectivity index (χ4v) is 2.30. The quantitative estimate of drug-likeness (QED) is 0.662. The van der Waals surface area contributed by atoms with E-state index in [1.807, 2.05) is 30.3 Å². The lowest BCUT2D eigenvalue weighted by Crippen LogP contribution is -2.38. The number of hydrogen-bond donors (Lipinski definition) is 0. The zero-order valence-corrected chi connectivity index (χ0v) is 14.2. The Hall–Kier alpha value is -2.40. The predicted octanol–water partition coefficient (Wildman–Crippen LogP) is 3.03. The molecule has 2 aromatic rings. The van der Waals surface area contributed by atoms with Crippen molar-refractivity contribution < 1.29 is 14.3 Å². The Bertz CT molecular complexity index is 601. The highest BCUT2D eigenvalue weighted by Crippen LogP contribution is 2.11. The van der Waals surface area contributed by atoms with Gasteiger partial charge in [-0.3, -0.25) is 4.98 Å². The number of carbonyl (C=O) groups is 1. The molecule has 5 nitrogen and oxygen atoms in total. The van der Waals surface area contributed by atoms with E-state index < -0.39 is 0 Å². The van der Waals surface area contributed by atoms with Crippen molar-refractivity contribution in [2.75, 3.05) is 26.2 Å². The van der Waals surface area contributed by atoms with E-state index in [-0.39, 0.29) is 12.1 Å². The van der Waals surface area contributed by atoms with Crippen molar-refractivity contribution in [2.24, 2.45) is 0 Å². The van der Waals surface area contributed by atoms with Crippen LogP contribution in [-0.2, 0) is 4.74 Å². The molecule has 0 aliphatic heterocycles. The summed E-state index contributed by atoms with van der Waals surface area (Å²) in [7, 11) is 0. The molecule has 0 fully saturated rings. The van der Waals surface area contributed by atoms with Crippen LogP contribution in [0.5, 0.6) is 5.75 Å². The summed E-state index contributed by atoms with van der Waals surface area (Å²) in [5, 5.41) is 0. The molecule has 0 aliphatic carbocycles. The number of carbonyl (C=O) groups excluding carboxylic acids is 1. The Kier molecular flexibility index (Phi) is 7.23. The Labute approximate surface area is 143 Å². The molecule has 2 rings (SSSR count).